The second-order valence-electron chi connectivity index (χ2n) is 10.2. The summed E-state index contributed by atoms with van der Waals surface area (Å²) in [5, 5.41) is 0. The van der Waals surface area contributed by atoms with Crippen molar-refractivity contribution in [2.45, 2.75) is 148 Å². The van der Waals surface area contributed by atoms with Crippen molar-refractivity contribution in [1.82, 2.24) is 4.90 Å². The standard InChI is InChI=1S/C31H61NO/c1-5-7-9-11-13-14-15-16-17-18-19-20-21-22-23-24-26-28-31(32(3)4)30-33-29-27-25-12-10-8-6-2/h13-14,16-17,31H,5-12,15,18-30H2,1-4H3/t31-/m0/s1. The Bertz CT molecular complexity index is 415. The summed E-state index contributed by atoms with van der Waals surface area (Å²) in [7, 11) is 4.41. The van der Waals surface area contributed by atoms with Gasteiger partial charge in [0, 0.05) is 12.6 Å². The maximum absolute atomic E-state index is 6.00. The minimum absolute atomic E-state index is 0.586. The van der Waals surface area contributed by atoms with E-state index in [4.69, 9.17) is 4.74 Å². The molecule has 1 atom stereocenters. The van der Waals surface area contributed by atoms with Crippen LogP contribution in [0, 0.1) is 0 Å². The van der Waals surface area contributed by atoms with Crippen molar-refractivity contribution in [3.63, 3.8) is 0 Å². The van der Waals surface area contributed by atoms with Gasteiger partial charge in [0.1, 0.15) is 0 Å². The lowest BCUT2D eigenvalue weighted by atomic mass is 10.0. The van der Waals surface area contributed by atoms with Crippen molar-refractivity contribution in [3.8, 4) is 0 Å². The van der Waals surface area contributed by atoms with Crippen LogP contribution in [0.4, 0.5) is 0 Å². The molecule has 0 saturated heterocycles. The number of allylic oxidation sites excluding steroid dienone is 4. The summed E-state index contributed by atoms with van der Waals surface area (Å²) in [6, 6.07) is 0.586. The molecule has 0 amide bonds. The summed E-state index contributed by atoms with van der Waals surface area (Å²) >= 11 is 0. The normalized spacial score (nSPS) is 13.1. The van der Waals surface area contributed by atoms with Crippen molar-refractivity contribution in [2.75, 3.05) is 27.3 Å². The number of rotatable bonds is 26. The zero-order chi connectivity index (χ0) is 24.2. The second-order valence-corrected chi connectivity index (χ2v) is 10.2. The number of unbranched alkanes of at least 4 members (excludes halogenated alkanes) is 15. The van der Waals surface area contributed by atoms with Gasteiger partial charge in [-0.15, -0.1) is 0 Å². The molecule has 0 unspecified atom stereocenters. The van der Waals surface area contributed by atoms with Gasteiger partial charge in [-0.2, -0.15) is 0 Å². The van der Waals surface area contributed by atoms with Crippen LogP contribution in [-0.4, -0.2) is 38.3 Å². The van der Waals surface area contributed by atoms with Crippen molar-refractivity contribution >= 4 is 0 Å². The fraction of sp³-hybridized carbons (Fsp3) is 0.871. The lowest BCUT2D eigenvalue weighted by Crippen LogP contribution is -2.32. The largest absolute Gasteiger partial charge is 0.380 e. The predicted molar refractivity (Wildman–Crippen MR) is 150 cm³/mol. The first-order chi connectivity index (χ1) is 16.2. The van der Waals surface area contributed by atoms with Gasteiger partial charge in [-0.25, -0.2) is 0 Å². The molecule has 0 aliphatic heterocycles. The Hall–Kier alpha value is -0.600. The van der Waals surface area contributed by atoms with Crippen LogP contribution in [0.2, 0.25) is 0 Å². The van der Waals surface area contributed by atoms with Crippen LogP contribution in [-0.2, 0) is 4.74 Å². The molecule has 0 radical (unpaired) electrons. The lowest BCUT2D eigenvalue weighted by Gasteiger charge is -2.24. The molecule has 2 nitrogen and oxygen atoms in total. The fourth-order valence-electron chi connectivity index (χ4n) is 4.24. The van der Waals surface area contributed by atoms with E-state index in [1.54, 1.807) is 0 Å². The van der Waals surface area contributed by atoms with Gasteiger partial charge in [0.25, 0.3) is 0 Å². The maximum Gasteiger partial charge on any atom is 0.0621 e. The molecule has 0 aliphatic carbocycles. The van der Waals surface area contributed by atoms with Crippen LogP contribution in [0.15, 0.2) is 24.3 Å². The first kappa shape index (κ1) is 32.4. The highest BCUT2D eigenvalue weighted by Crippen LogP contribution is 2.13. The average Bonchev–Trinajstić information content (AvgIpc) is 2.81. The Morgan fingerprint density at radius 2 is 1.06 bits per heavy atom. The predicted octanol–water partition coefficient (Wildman–Crippen LogP) is 9.89. The molecule has 0 aromatic heterocycles. The van der Waals surface area contributed by atoms with Crippen molar-refractivity contribution in [1.29, 1.82) is 0 Å². The van der Waals surface area contributed by atoms with E-state index in [1.165, 1.54) is 122 Å². The first-order valence-electron chi connectivity index (χ1n) is 14.8. The topological polar surface area (TPSA) is 12.5 Å². The Morgan fingerprint density at radius 1 is 0.576 bits per heavy atom. The van der Waals surface area contributed by atoms with Crippen LogP contribution in [0.1, 0.15) is 142 Å². The van der Waals surface area contributed by atoms with Crippen molar-refractivity contribution < 1.29 is 4.74 Å². The van der Waals surface area contributed by atoms with E-state index in [0.717, 1.165) is 19.6 Å². The third-order valence-electron chi connectivity index (χ3n) is 6.67. The second kappa shape index (κ2) is 27.6. The van der Waals surface area contributed by atoms with Gasteiger partial charge in [-0.3, -0.25) is 0 Å². The van der Waals surface area contributed by atoms with E-state index in [1.807, 2.05) is 0 Å². The van der Waals surface area contributed by atoms with Gasteiger partial charge >= 0.3 is 0 Å². The smallest absolute Gasteiger partial charge is 0.0621 e. The van der Waals surface area contributed by atoms with E-state index < -0.39 is 0 Å². The summed E-state index contributed by atoms with van der Waals surface area (Å²) < 4.78 is 6.00. The molecule has 0 aliphatic rings. The molecule has 0 fully saturated rings. The lowest BCUT2D eigenvalue weighted by molar-refractivity contribution is 0.0721. The molecule has 33 heavy (non-hydrogen) atoms. The first-order valence-corrected chi connectivity index (χ1v) is 14.8. The molecule has 0 saturated carbocycles. The molecule has 0 bridgehead atoms. The van der Waals surface area contributed by atoms with Crippen molar-refractivity contribution in [2.24, 2.45) is 0 Å². The summed E-state index contributed by atoms with van der Waals surface area (Å²) in [4.78, 5) is 2.36. The highest BCUT2D eigenvalue weighted by molar-refractivity contribution is 4.92. The molecule has 0 rings (SSSR count). The van der Waals surface area contributed by atoms with Gasteiger partial charge in [-0.1, -0.05) is 122 Å². The molecular formula is C31H61NO. The fourth-order valence-corrected chi connectivity index (χ4v) is 4.24. The van der Waals surface area contributed by atoms with Gasteiger partial charge < -0.3 is 9.64 Å². The van der Waals surface area contributed by atoms with Gasteiger partial charge in [-0.05, 0) is 59.0 Å². The summed E-state index contributed by atoms with van der Waals surface area (Å²) in [5.74, 6) is 0. The molecule has 0 aromatic rings. The van der Waals surface area contributed by atoms with E-state index in [-0.39, 0.29) is 0 Å². The Balaban J connectivity index is 3.46. The average molecular weight is 464 g/mol. The summed E-state index contributed by atoms with van der Waals surface area (Å²) in [6.45, 7) is 6.40. The Labute approximate surface area is 209 Å². The van der Waals surface area contributed by atoms with Crippen molar-refractivity contribution in [3.05, 3.63) is 24.3 Å². The van der Waals surface area contributed by atoms with Gasteiger partial charge in [0.15, 0.2) is 0 Å². The number of ether oxygens (including phenoxy) is 1. The highest BCUT2D eigenvalue weighted by atomic mass is 16.5. The maximum atomic E-state index is 6.00. The third kappa shape index (κ3) is 25.9. The van der Waals surface area contributed by atoms with Crippen LogP contribution in [0.5, 0.6) is 0 Å². The molecular weight excluding hydrogens is 402 g/mol. The Kier molecular flexibility index (Phi) is 27.1. The minimum atomic E-state index is 0.586. The molecule has 196 valence electrons. The molecule has 2 heteroatoms. The van der Waals surface area contributed by atoms with Crippen LogP contribution in [0.25, 0.3) is 0 Å². The quantitative estimate of drug-likeness (QED) is 0.0934. The van der Waals surface area contributed by atoms with Gasteiger partial charge in [0.05, 0.1) is 6.61 Å². The van der Waals surface area contributed by atoms with Gasteiger partial charge in [0.2, 0.25) is 0 Å². The SMILES string of the molecule is CCCCCC=CCC=CCCCCCCCCC[C@@H](COCCCCCCCC)N(C)C. The van der Waals surface area contributed by atoms with Crippen LogP contribution < -0.4 is 0 Å². The van der Waals surface area contributed by atoms with E-state index in [2.05, 4.69) is 57.1 Å². The van der Waals surface area contributed by atoms with Crippen LogP contribution in [0.3, 0.4) is 0 Å². The zero-order valence-corrected chi connectivity index (χ0v) is 23.3. The number of likely N-dealkylation sites (N-methyl/N-ethyl adjacent to an activating group) is 1. The number of hydrogen-bond acceptors (Lipinski definition) is 2. The minimum Gasteiger partial charge on any atom is -0.380 e. The highest BCUT2D eigenvalue weighted by Gasteiger charge is 2.11. The van der Waals surface area contributed by atoms with Crippen LogP contribution >= 0.6 is 0 Å². The van der Waals surface area contributed by atoms with E-state index in [0.29, 0.717) is 6.04 Å². The number of hydrogen-bond donors (Lipinski definition) is 0. The zero-order valence-electron chi connectivity index (χ0n) is 23.3. The monoisotopic (exact) mass is 463 g/mol. The summed E-state index contributed by atoms with van der Waals surface area (Å²) in [6.07, 6.45) is 36.1. The third-order valence-corrected chi connectivity index (χ3v) is 6.67. The van der Waals surface area contributed by atoms with E-state index in [9.17, 15) is 0 Å². The molecule has 0 N–H and O–H groups in total. The molecule has 0 aromatic carbocycles. The number of nitrogens with zero attached hydrogens (tertiary/aromatic N) is 1. The summed E-state index contributed by atoms with van der Waals surface area (Å²) in [5.41, 5.74) is 0. The Morgan fingerprint density at radius 3 is 1.67 bits per heavy atom. The van der Waals surface area contributed by atoms with E-state index >= 15 is 0 Å². The molecule has 0 spiro atoms. The molecule has 0 heterocycles.